The summed E-state index contributed by atoms with van der Waals surface area (Å²) in [5, 5.41) is 15.6. The monoisotopic (exact) mass is 283 g/mol. The minimum atomic E-state index is -1.03. The number of methoxy groups -OCH3 is 1. The third-order valence-corrected chi connectivity index (χ3v) is 2.96. The number of carbonyl (C=O) groups is 2. The Balaban J connectivity index is 2.72. The maximum Gasteiger partial charge on any atom is 0.326 e. The van der Waals surface area contributed by atoms with Crippen molar-refractivity contribution in [2.75, 3.05) is 7.11 Å². The van der Waals surface area contributed by atoms with E-state index in [0.29, 0.717) is 12.0 Å². The van der Waals surface area contributed by atoms with Crippen molar-refractivity contribution >= 4 is 11.9 Å². The molecule has 2 atom stereocenters. The van der Waals surface area contributed by atoms with Crippen molar-refractivity contribution < 1.29 is 19.4 Å². The van der Waals surface area contributed by atoms with Crippen molar-refractivity contribution in [3.05, 3.63) is 18.0 Å². The first-order valence-corrected chi connectivity index (χ1v) is 6.54. The Morgan fingerprint density at radius 3 is 2.70 bits per heavy atom. The zero-order chi connectivity index (χ0) is 15.1. The molecule has 0 spiro atoms. The van der Waals surface area contributed by atoms with E-state index in [-0.39, 0.29) is 0 Å². The highest BCUT2D eigenvalue weighted by atomic mass is 16.5. The van der Waals surface area contributed by atoms with Crippen LogP contribution in [0.5, 0.6) is 0 Å². The van der Waals surface area contributed by atoms with Gasteiger partial charge in [0.05, 0.1) is 6.20 Å². The lowest BCUT2D eigenvalue weighted by atomic mass is 10.1. The van der Waals surface area contributed by atoms with E-state index >= 15 is 0 Å². The molecule has 0 aromatic carbocycles. The molecule has 0 radical (unpaired) electrons. The number of ether oxygens (including phenoxy) is 1. The first-order chi connectivity index (χ1) is 9.49. The minimum Gasteiger partial charge on any atom is -0.480 e. The molecule has 7 heteroatoms. The number of nitrogens with zero attached hydrogens (tertiary/aromatic N) is 2. The van der Waals surface area contributed by atoms with Gasteiger partial charge in [-0.15, -0.1) is 0 Å². The average Bonchev–Trinajstić information content (AvgIpc) is 2.81. The minimum absolute atomic E-state index is 0.404. The van der Waals surface area contributed by atoms with Gasteiger partial charge in [-0.1, -0.05) is 19.8 Å². The van der Waals surface area contributed by atoms with Gasteiger partial charge in [-0.2, -0.15) is 5.10 Å². The molecule has 2 N–H and O–H groups in total. The van der Waals surface area contributed by atoms with Crippen molar-refractivity contribution in [1.29, 1.82) is 0 Å². The third-order valence-electron chi connectivity index (χ3n) is 2.96. The molecule has 0 aliphatic carbocycles. The van der Waals surface area contributed by atoms with Crippen LogP contribution in [0.15, 0.2) is 12.4 Å². The van der Waals surface area contributed by atoms with Gasteiger partial charge in [0.15, 0.2) is 6.10 Å². The highest BCUT2D eigenvalue weighted by Gasteiger charge is 2.26. The Kier molecular flexibility index (Phi) is 6.17. The van der Waals surface area contributed by atoms with Crippen molar-refractivity contribution in [3.8, 4) is 0 Å². The van der Waals surface area contributed by atoms with Gasteiger partial charge in [0.25, 0.3) is 5.91 Å². The molecule has 0 aliphatic rings. The molecule has 1 heterocycles. The van der Waals surface area contributed by atoms with Crippen LogP contribution in [-0.4, -0.2) is 39.9 Å². The molecule has 112 valence electrons. The topological polar surface area (TPSA) is 93.5 Å². The van der Waals surface area contributed by atoms with E-state index in [1.54, 1.807) is 17.9 Å². The fraction of sp³-hybridized carbons (Fsp3) is 0.615. The first-order valence-electron chi connectivity index (χ1n) is 6.54. The number of hydrogen-bond donors (Lipinski definition) is 2. The number of aryl methyl sites for hydroxylation is 1. The molecule has 0 saturated carbocycles. The Labute approximate surface area is 117 Å². The van der Waals surface area contributed by atoms with Crippen molar-refractivity contribution in [3.63, 3.8) is 0 Å². The quantitative estimate of drug-likeness (QED) is 0.738. The second-order valence-electron chi connectivity index (χ2n) is 4.60. The normalized spacial score (nSPS) is 13.8. The molecule has 1 unspecified atom stereocenters. The van der Waals surface area contributed by atoms with E-state index in [1.165, 1.54) is 13.3 Å². The van der Waals surface area contributed by atoms with Crippen LogP contribution in [0.2, 0.25) is 0 Å². The molecule has 0 fully saturated rings. The number of carboxylic acids is 1. The van der Waals surface area contributed by atoms with Crippen LogP contribution in [0.1, 0.15) is 37.9 Å². The predicted molar refractivity (Wildman–Crippen MR) is 72.0 cm³/mol. The Morgan fingerprint density at radius 2 is 2.25 bits per heavy atom. The van der Waals surface area contributed by atoms with Gasteiger partial charge in [0.2, 0.25) is 0 Å². The number of amides is 1. The second kappa shape index (κ2) is 7.64. The van der Waals surface area contributed by atoms with Crippen LogP contribution in [0, 0.1) is 0 Å². The summed E-state index contributed by atoms with van der Waals surface area (Å²) in [6.07, 6.45) is 4.34. The standard InChI is InChI=1S/C13H21N3O4/c1-4-5-6-10(13(18)19)15-12(17)11(20-3)9-7-14-16(2)8-9/h7-8,10-11H,4-6H2,1-3H3,(H,15,17)(H,18,19)/t10-,11?/m0/s1. The van der Waals surface area contributed by atoms with Gasteiger partial charge < -0.3 is 15.2 Å². The van der Waals surface area contributed by atoms with Crippen molar-refractivity contribution in [2.45, 2.75) is 38.3 Å². The van der Waals surface area contributed by atoms with Crippen LogP contribution in [0.3, 0.4) is 0 Å². The van der Waals surface area contributed by atoms with E-state index in [0.717, 1.165) is 12.8 Å². The van der Waals surface area contributed by atoms with Gasteiger partial charge >= 0.3 is 5.97 Å². The van der Waals surface area contributed by atoms with Gasteiger partial charge in [0.1, 0.15) is 6.04 Å². The summed E-state index contributed by atoms with van der Waals surface area (Å²) < 4.78 is 6.69. The van der Waals surface area contributed by atoms with Crippen LogP contribution >= 0.6 is 0 Å². The highest BCUT2D eigenvalue weighted by molar-refractivity contribution is 5.87. The maximum absolute atomic E-state index is 12.1. The Bertz CT molecular complexity index is 458. The number of aliphatic carboxylic acids is 1. The number of carbonyl (C=O) groups excluding carboxylic acids is 1. The smallest absolute Gasteiger partial charge is 0.326 e. The number of hydrogen-bond acceptors (Lipinski definition) is 4. The first kappa shape index (κ1) is 16.2. The molecule has 1 rings (SSSR count). The molecule has 1 aromatic rings. The molecule has 7 nitrogen and oxygen atoms in total. The molecule has 1 aromatic heterocycles. The van der Waals surface area contributed by atoms with Crippen LogP contribution in [-0.2, 0) is 21.4 Å². The van der Waals surface area contributed by atoms with E-state index in [2.05, 4.69) is 10.4 Å². The summed E-state index contributed by atoms with van der Waals surface area (Å²) in [5.41, 5.74) is 0.590. The highest BCUT2D eigenvalue weighted by Crippen LogP contribution is 2.16. The van der Waals surface area contributed by atoms with Crippen LogP contribution in [0.4, 0.5) is 0 Å². The van der Waals surface area contributed by atoms with E-state index in [4.69, 9.17) is 9.84 Å². The second-order valence-corrected chi connectivity index (χ2v) is 4.60. The predicted octanol–water partition coefficient (Wildman–Crippen LogP) is 0.867. The third kappa shape index (κ3) is 4.34. The summed E-state index contributed by atoms with van der Waals surface area (Å²) >= 11 is 0. The Hall–Kier alpha value is -1.89. The van der Waals surface area contributed by atoms with Gasteiger partial charge in [-0.25, -0.2) is 4.79 Å². The molecular formula is C13H21N3O4. The SMILES string of the molecule is CCCC[C@H](NC(=O)C(OC)c1cnn(C)c1)C(=O)O. The van der Waals surface area contributed by atoms with Gasteiger partial charge in [-0.05, 0) is 6.42 Å². The largest absolute Gasteiger partial charge is 0.480 e. The maximum atomic E-state index is 12.1. The molecule has 1 amide bonds. The summed E-state index contributed by atoms with van der Waals surface area (Å²) in [7, 11) is 3.13. The summed E-state index contributed by atoms with van der Waals surface area (Å²) in [4.78, 5) is 23.2. The lowest BCUT2D eigenvalue weighted by molar-refractivity contribution is -0.144. The number of carboxylic acid groups (broad SMARTS) is 1. The zero-order valence-corrected chi connectivity index (χ0v) is 12.0. The average molecular weight is 283 g/mol. The molecule has 20 heavy (non-hydrogen) atoms. The van der Waals surface area contributed by atoms with E-state index < -0.39 is 24.0 Å². The van der Waals surface area contributed by atoms with Crippen molar-refractivity contribution in [1.82, 2.24) is 15.1 Å². The fourth-order valence-electron chi connectivity index (χ4n) is 1.88. The fourth-order valence-corrected chi connectivity index (χ4v) is 1.88. The van der Waals surface area contributed by atoms with Crippen molar-refractivity contribution in [2.24, 2.45) is 7.05 Å². The van der Waals surface area contributed by atoms with Gasteiger partial charge in [0, 0.05) is 25.9 Å². The summed E-state index contributed by atoms with van der Waals surface area (Å²) in [6, 6.07) is -0.892. The van der Waals surface area contributed by atoms with E-state index in [9.17, 15) is 9.59 Å². The Morgan fingerprint density at radius 1 is 1.55 bits per heavy atom. The number of rotatable bonds is 8. The zero-order valence-electron chi connectivity index (χ0n) is 12.0. The summed E-state index contributed by atoms with van der Waals surface area (Å²) in [6.45, 7) is 1.97. The number of unbranched alkanes of at least 4 members (excludes halogenated alkanes) is 1. The lowest BCUT2D eigenvalue weighted by Gasteiger charge is -2.18. The van der Waals surface area contributed by atoms with Crippen LogP contribution < -0.4 is 5.32 Å². The van der Waals surface area contributed by atoms with Gasteiger partial charge in [-0.3, -0.25) is 9.48 Å². The molecular weight excluding hydrogens is 262 g/mol. The van der Waals surface area contributed by atoms with Crippen LogP contribution in [0.25, 0.3) is 0 Å². The van der Waals surface area contributed by atoms with E-state index in [1.807, 2.05) is 6.92 Å². The molecule has 0 aliphatic heterocycles. The molecule has 0 bridgehead atoms. The summed E-state index contributed by atoms with van der Waals surface area (Å²) in [5.74, 6) is -1.50. The molecule has 0 saturated heterocycles. The number of aromatic nitrogens is 2. The number of nitrogens with one attached hydrogen (secondary N) is 1. The lowest BCUT2D eigenvalue weighted by Crippen LogP contribution is -2.43.